The lowest BCUT2D eigenvalue weighted by Gasteiger charge is -2.06. The van der Waals surface area contributed by atoms with Crippen molar-refractivity contribution in [3.8, 4) is 0 Å². The summed E-state index contributed by atoms with van der Waals surface area (Å²) in [5.41, 5.74) is 0. The first-order valence-corrected chi connectivity index (χ1v) is 6.21. The summed E-state index contributed by atoms with van der Waals surface area (Å²) < 4.78 is 20.6. The summed E-state index contributed by atoms with van der Waals surface area (Å²) in [4.78, 5) is 0. The van der Waals surface area contributed by atoms with Crippen LogP contribution in [0.15, 0.2) is 0 Å². The molecular formula is C8H14O4S4. The Hall–Kier alpha value is 0.400. The van der Waals surface area contributed by atoms with Gasteiger partial charge in [-0.15, -0.1) is 0 Å². The van der Waals surface area contributed by atoms with Gasteiger partial charge in [-0.3, -0.25) is 0 Å². The Morgan fingerprint density at radius 1 is 0.688 bits per heavy atom. The van der Waals surface area contributed by atoms with Crippen LogP contribution < -0.4 is 0 Å². The van der Waals surface area contributed by atoms with Gasteiger partial charge in [0.25, 0.3) is 0 Å². The highest BCUT2D eigenvalue weighted by Gasteiger charge is 1.93. The lowest BCUT2D eigenvalue weighted by molar-refractivity contribution is 0.0265. The molecule has 0 rings (SSSR count). The first-order chi connectivity index (χ1) is 7.63. The number of thiol groups is 2. The molecule has 0 fully saturated rings. The van der Waals surface area contributed by atoms with E-state index >= 15 is 0 Å². The summed E-state index contributed by atoms with van der Waals surface area (Å²) in [6.07, 6.45) is 0. The van der Waals surface area contributed by atoms with Gasteiger partial charge in [0.2, 0.25) is 8.77 Å². The molecule has 0 N–H and O–H groups in total. The fourth-order valence-electron chi connectivity index (χ4n) is 0.698. The molecule has 0 aliphatic carbocycles. The van der Waals surface area contributed by atoms with E-state index in [4.69, 9.17) is 18.9 Å². The zero-order valence-corrected chi connectivity index (χ0v) is 12.0. The minimum absolute atomic E-state index is 0.222. The molecule has 4 nitrogen and oxygen atoms in total. The lowest BCUT2D eigenvalue weighted by atomic mass is 10.7. The Balaban J connectivity index is 2.98. The monoisotopic (exact) mass is 302 g/mol. The predicted molar refractivity (Wildman–Crippen MR) is 76.7 cm³/mol. The lowest BCUT2D eigenvalue weighted by Crippen LogP contribution is -2.12. The van der Waals surface area contributed by atoms with Gasteiger partial charge in [-0.1, -0.05) is 25.3 Å². The van der Waals surface area contributed by atoms with E-state index < -0.39 is 0 Å². The summed E-state index contributed by atoms with van der Waals surface area (Å²) in [5.74, 6) is 0. The van der Waals surface area contributed by atoms with Gasteiger partial charge in [-0.2, -0.15) is 0 Å². The van der Waals surface area contributed by atoms with Crippen molar-refractivity contribution >= 4 is 58.5 Å². The highest BCUT2D eigenvalue weighted by molar-refractivity contribution is 8.10. The van der Waals surface area contributed by atoms with Crippen molar-refractivity contribution in [2.45, 2.75) is 0 Å². The standard InChI is InChI=1S/C8H14O4S4/c13-7(14)11-5-3-9-1-2-10-4-6-12-8(15)16/h1-6H2,(H,13,14)(H,15,16). The molecule has 8 heteroatoms. The molecule has 0 saturated carbocycles. The molecule has 0 aliphatic heterocycles. The van der Waals surface area contributed by atoms with Crippen molar-refractivity contribution in [1.29, 1.82) is 0 Å². The minimum Gasteiger partial charge on any atom is -0.476 e. The molecule has 0 aromatic carbocycles. The quantitative estimate of drug-likeness (QED) is 0.382. The SMILES string of the molecule is S=C(S)OCCOCCOCCOC(=S)S. The van der Waals surface area contributed by atoms with Gasteiger partial charge in [0, 0.05) is 0 Å². The Morgan fingerprint density at radius 2 is 1.00 bits per heavy atom. The summed E-state index contributed by atoms with van der Waals surface area (Å²) in [6.45, 7) is 2.71. The van der Waals surface area contributed by atoms with Gasteiger partial charge in [0.05, 0.1) is 26.4 Å². The molecule has 0 bridgehead atoms. The third-order valence-corrected chi connectivity index (χ3v) is 1.77. The van der Waals surface area contributed by atoms with Crippen molar-refractivity contribution < 1.29 is 18.9 Å². The first-order valence-electron chi connectivity index (χ1n) is 4.50. The van der Waals surface area contributed by atoms with Crippen molar-refractivity contribution in [2.75, 3.05) is 39.6 Å². The first kappa shape index (κ1) is 16.4. The van der Waals surface area contributed by atoms with Crippen LogP contribution in [-0.4, -0.2) is 48.4 Å². The second kappa shape index (κ2) is 11.9. The second-order valence-electron chi connectivity index (χ2n) is 2.45. The maximum absolute atomic E-state index is 5.19. The van der Waals surface area contributed by atoms with Crippen LogP contribution >= 0.6 is 49.7 Å². The number of ether oxygens (including phenoxy) is 4. The zero-order chi connectivity index (χ0) is 12.2. The van der Waals surface area contributed by atoms with E-state index in [2.05, 4.69) is 49.7 Å². The van der Waals surface area contributed by atoms with E-state index in [1.165, 1.54) is 0 Å². The Labute approximate surface area is 117 Å². The average Bonchev–Trinajstić information content (AvgIpc) is 2.20. The fraction of sp³-hybridized carbons (Fsp3) is 0.750. The third-order valence-electron chi connectivity index (χ3n) is 1.28. The van der Waals surface area contributed by atoms with E-state index in [1.807, 2.05) is 0 Å². The number of rotatable bonds is 9. The van der Waals surface area contributed by atoms with Crippen molar-refractivity contribution in [3.63, 3.8) is 0 Å². The zero-order valence-electron chi connectivity index (χ0n) is 8.59. The smallest absolute Gasteiger partial charge is 0.216 e. The maximum Gasteiger partial charge on any atom is 0.216 e. The van der Waals surface area contributed by atoms with Crippen LogP contribution in [0.25, 0.3) is 0 Å². The molecule has 0 radical (unpaired) electrons. The van der Waals surface area contributed by atoms with Crippen LogP contribution in [-0.2, 0) is 18.9 Å². The van der Waals surface area contributed by atoms with E-state index in [0.717, 1.165) is 0 Å². The maximum atomic E-state index is 5.19. The minimum atomic E-state index is 0.222. The summed E-state index contributed by atoms with van der Waals surface area (Å²) in [7, 11) is 0. The molecule has 16 heavy (non-hydrogen) atoms. The molecule has 0 aromatic heterocycles. The Kier molecular flexibility index (Phi) is 12.2. The highest BCUT2D eigenvalue weighted by atomic mass is 32.1. The molecule has 0 aliphatic rings. The van der Waals surface area contributed by atoms with Crippen LogP contribution in [0.5, 0.6) is 0 Å². The van der Waals surface area contributed by atoms with E-state index in [1.54, 1.807) is 0 Å². The van der Waals surface area contributed by atoms with Crippen molar-refractivity contribution in [2.24, 2.45) is 0 Å². The van der Waals surface area contributed by atoms with Crippen LogP contribution in [0.3, 0.4) is 0 Å². The van der Waals surface area contributed by atoms with Gasteiger partial charge < -0.3 is 18.9 Å². The van der Waals surface area contributed by atoms with E-state index in [-0.39, 0.29) is 8.77 Å². The fourth-order valence-corrected chi connectivity index (χ4v) is 1.05. The predicted octanol–water partition coefficient (Wildman–Crippen LogP) is 1.48. The van der Waals surface area contributed by atoms with Crippen LogP contribution in [0.4, 0.5) is 0 Å². The number of hydrogen-bond acceptors (Lipinski definition) is 6. The summed E-state index contributed by atoms with van der Waals surface area (Å²) in [5, 5.41) is 0. The normalized spacial score (nSPS) is 9.88. The molecular weight excluding hydrogens is 288 g/mol. The molecule has 0 atom stereocenters. The van der Waals surface area contributed by atoms with Gasteiger partial charge >= 0.3 is 0 Å². The Morgan fingerprint density at radius 3 is 1.31 bits per heavy atom. The number of thiocarbonyl (C=S) groups is 2. The van der Waals surface area contributed by atoms with Crippen LogP contribution in [0.1, 0.15) is 0 Å². The van der Waals surface area contributed by atoms with Gasteiger partial charge in [-0.25, -0.2) is 0 Å². The van der Waals surface area contributed by atoms with Crippen LogP contribution in [0, 0.1) is 0 Å². The molecule has 0 heterocycles. The summed E-state index contributed by atoms with van der Waals surface area (Å²) in [6, 6.07) is 0. The third kappa shape index (κ3) is 14.4. The Bertz CT molecular complexity index is 190. The molecule has 0 spiro atoms. The summed E-state index contributed by atoms with van der Waals surface area (Å²) >= 11 is 16.8. The van der Waals surface area contributed by atoms with Gasteiger partial charge in [0.1, 0.15) is 13.2 Å². The van der Waals surface area contributed by atoms with Crippen LogP contribution in [0.2, 0.25) is 0 Å². The second-order valence-corrected chi connectivity index (χ2v) is 4.61. The van der Waals surface area contributed by atoms with E-state index in [9.17, 15) is 0 Å². The molecule has 0 amide bonds. The molecule has 94 valence electrons. The highest BCUT2D eigenvalue weighted by Crippen LogP contribution is 1.89. The van der Waals surface area contributed by atoms with Gasteiger partial charge in [-0.05, 0) is 24.4 Å². The molecule has 0 aromatic rings. The molecule has 0 unspecified atom stereocenters. The van der Waals surface area contributed by atoms with E-state index in [0.29, 0.717) is 39.6 Å². The number of hydrogen-bond donors (Lipinski definition) is 2. The van der Waals surface area contributed by atoms with Crippen molar-refractivity contribution in [1.82, 2.24) is 0 Å². The largest absolute Gasteiger partial charge is 0.476 e. The average molecular weight is 302 g/mol. The topological polar surface area (TPSA) is 36.9 Å². The molecule has 0 saturated heterocycles. The van der Waals surface area contributed by atoms with Gasteiger partial charge in [0.15, 0.2) is 0 Å². The van der Waals surface area contributed by atoms with Crippen molar-refractivity contribution in [3.05, 3.63) is 0 Å².